The van der Waals surface area contributed by atoms with E-state index in [4.69, 9.17) is 28.1 Å². The van der Waals surface area contributed by atoms with E-state index < -0.39 is 0 Å². The average molecular weight is 491 g/mol. The summed E-state index contributed by atoms with van der Waals surface area (Å²) in [6, 6.07) is 3.95. The van der Waals surface area contributed by atoms with Crippen LogP contribution in [0.4, 0.5) is 11.8 Å². The van der Waals surface area contributed by atoms with Gasteiger partial charge in [0.15, 0.2) is 5.65 Å². The Bertz CT molecular complexity index is 1400. The Kier molecular flexibility index (Phi) is 5.20. The van der Waals surface area contributed by atoms with Crippen molar-refractivity contribution in [3.05, 3.63) is 59.4 Å². The smallest absolute Gasteiger partial charge is 0.211 e. The molecule has 1 atom stereocenters. The van der Waals surface area contributed by atoms with Crippen LogP contribution in [0.2, 0.25) is 5.02 Å². The monoisotopic (exact) mass is 490 g/mol. The van der Waals surface area contributed by atoms with E-state index >= 15 is 0 Å². The van der Waals surface area contributed by atoms with Gasteiger partial charge in [-0.2, -0.15) is 0 Å². The Hall–Kier alpha value is -2.82. The van der Waals surface area contributed by atoms with Crippen molar-refractivity contribution in [3.63, 3.8) is 0 Å². The number of hydrogen-bond donors (Lipinski definition) is 2. The van der Waals surface area contributed by atoms with E-state index in [1.54, 1.807) is 12.4 Å². The highest BCUT2D eigenvalue weighted by Crippen LogP contribution is 2.50. The average Bonchev–Trinajstić information content (AvgIpc) is 3.43. The van der Waals surface area contributed by atoms with Crippen molar-refractivity contribution < 1.29 is 0 Å². The van der Waals surface area contributed by atoms with Gasteiger partial charge in [-0.15, -0.1) is 0 Å². The molecule has 34 heavy (non-hydrogen) atoms. The molecule has 1 fully saturated rings. The number of nitrogen functional groups attached to an aromatic ring is 1. The summed E-state index contributed by atoms with van der Waals surface area (Å²) >= 11 is 7.84. The number of hydrogen-bond acceptors (Lipinski definition) is 8. The summed E-state index contributed by atoms with van der Waals surface area (Å²) < 4.78 is 2.05. The summed E-state index contributed by atoms with van der Waals surface area (Å²) in [5, 5.41) is 0.446. The number of anilines is 2. The number of imidazole rings is 1. The number of nitrogens with two attached hydrogens (primary N) is 2. The SMILES string of the molecule is Bc1ccnc2c1C(N)C1(CCN(c3ncc(Sc4ccnc(N)c4Cl)c4nccn34)CC1)C2. The van der Waals surface area contributed by atoms with Gasteiger partial charge in [-0.25, -0.2) is 15.0 Å². The van der Waals surface area contributed by atoms with Crippen LogP contribution in [0.3, 0.4) is 0 Å². The molecule has 1 unspecified atom stereocenters. The fourth-order valence-electron chi connectivity index (χ4n) is 5.41. The largest absolute Gasteiger partial charge is 0.382 e. The molecule has 4 N–H and O–H groups in total. The molecule has 0 bridgehead atoms. The van der Waals surface area contributed by atoms with E-state index in [-0.39, 0.29) is 11.5 Å². The summed E-state index contributed by atoms with van der Waals surface area (Å²) in [7, 11) is 2.14. The molecule has 172 valence electrons. The zero-order chi connectivity index (χ0) is 23.4. The molecule has 0 aromatic carbocycles. The van der Waals surface area contributed by atoms with E-state index in [9.17, 15) is 0 Å². The Labute approximate surface area is 207 Å². The lowest BCUT2D eigenvalue weighted by molar-refractivity contribution is 0.186. The van der Waals surface area contributed by atoms with Crippen LogP contribution in [0.5, 0.6) is 0 Å². The van der Waals surface area contributed by atoms with Gasteiger partial charge in [0.25, 0.3) is 0 Å². The number of piperidine rings is 1. The molecular weight excluding hydrogens is 467 g/mol. The topological polar surface area (TPSA) is 111 Å². The van der Waals surface area contributed by atoms with Crippen molar-refractivity contribution in [2.24, 2.45) is 11.1 Å². The molecule has 0 amide bonds. The molecule has 1 saturated heterocycles. The highest BCUT2D eigenvalue weighted by Gasteiger charge is 2.47. The van der Waals surface area contributed by atoms with Crippen molar-refractivity contribution in [2.45, 2.75) is 35.1 Å². The Morgan fingerprint density at radius 2 is 1.85 bits per heavy atom. The van der Waals surface area contributed by atoms with Crippen LogP contribution in [0, 0.1) is 5.41 Å². The number of nitrogens with zero attached hydrogens (tertiary/aromatic N) is 6. The second kappa shape index (κ2) is 8.14. The first-order chi connectivity index (χ1) is 16.5. The van der Waals surface area contributed by atoms with E-state index in [0.29, 0.717) is 10.8 Å². The van der Waals surface area contributed by atoms with Gasteiger partial charge in [0.2, 0.25) is 5.95 Å². The van der Waals surface area contributed by atoms with Gasteiger partial charge in [-0.3, -0.25) is 9.38 Å². The lowest BCUT2D eigenvalue weighted by atomic mass is 9.72. The van der Waals surface area contributed by atoms with Gasteiger partial charge in [-0.05, 0) is 42.4 Å². The molecule has 4 aromatic rings. The van der Waals surface area contributed by atoms with Gasteiger partial charge < -0.3 is 16.4 Å². The van der Waals surface area contributed by atoms with Gasteiger partial charge in [-0.1, -0.05) is 28.8 Å². The minimum Gasteiger partial charge on any atom is -0.382 e. The van der Waals surface area contributed by atoms with E-state index in [1.807, 2.05) is 29.1 Å². The quantitative estimate of drug-likeness (QED) is 0.420. The van der Waals surface area contributed by atoms with Crippen LogP contribution in [0.15, 0.2) is 52.9 Å². The first kappa shape index (κ1) is 21.7. The van der Waals surface area contributed by atoms with E-state index in [1.165, 1.54) is 28.5 Å². The first-order valence-corrected chi connectivity index (χ1v) is 12.5. The maximum absolute atomic E-state index is 6.81. The lowest BCUT2D eigenvalue weighted by Crippen LogP contribution is -2.45. The standard InChI is InChI=1S/C23H24BClN8S/c24-13-1-5-28-14-11-23(19(26)17(13)14)3-8-32(9-4-23)22-31-12-16(21-30-7-10-33(21)22)34-15-2-6-29-20(27)18(15)25/h1-2,5-7,10,12,19H,3-4,8-9,11,24,26H2,(H2,27,29). The minimum atomic E-state index is 0.0379. The number of pyridine rings is 2. The van der Waals surface area contributed by atoms with Gasteiger partial charge in [0.1, 0.15) is 13.7 Å². The number of rotatable bonds is 3. The van der Waals surface area contributed by atoms with Crippen LogP contribution >= 0.6 is 23.4 Å². The molecule has 11 heteroatoms. The predicted octanol–water partition coefficient (Wildman–Crippen LogP) is 2.01. The summed E-state index contributed by atoms with van der Waals surface area (Å²) in [6.07, 6.45) is 12.1. The van der Waals surface area contributed by atoms with Crippen molar-refractivity contribution in [1.29, 1.82) is 0 Å². The van der Waals surface area contributed by atoms with Crippen LogP contribution in [0.25, 0.3) is 5.65 Å². The Morgan fingerprint density at radius 1 is 1.06 bits per heavy atom. The molecule has 1 aliphatic carbocycles. The van der Waals surface area contributed by atoms with Crippen molar-refractivity contribution >= 4 is 54.1 Å². The summed E-state index contributed by atoms with van der Waals surface area (Å²) in [5.74, 6) is 1.21. The van der Waals surface area contributed by atoms with Crippen LogP contribution in [0.1, 0.15) is 30.1 Å². The summed E-state index contributed by atoms with van der Waals surface area (Å²) in [6.45, 7) is 1.78. The molecule has 2 aliphatic rings. The molecule has 4 aromatic heterocycles. The second-order valence-corrected chi connectivity index (χ2v) is 10.6. The third-order valence-electron chi connectivity index (χ3n) is 7.30. The van der Waals surface area contributed by atoms with Gasteiger partial charge in [0.05, 0.1) is 9.92 Å². The maximum Gasteiger partial charge on any atom is 0.211 e. The Morgan fingerprint density at radius 3 is 2.65 bits per heavy atom. The number of aromatic nitrogens is 5. The van der Waals surface area contributed by atoms with Gasteiger partial charge in [0, 0.05) is 60.7 Å². The van der Waals surface area contributed by atoms with Gasteiger partial charge >= 0.3 is 0 Å². The zero-order valence-electron chi connectivity index (χ0n) is 18.8. The molecule has 8 nitrogen and oxygen atoms in total. The third-order valence-corrected chi connectivity index (χ3v) is 8.87. The van der Waals surface area contributed by atoms with E-state index in [2.05, 4.69) is 33.8 Å². The highest BCUT2D eigenvalue weighted by atomic mass is 35.5. The first-order valence-electron chi connectivity index (χ1n) is 11.3. The highest BCUT2D eigenvalue weighted by molar-refractivity contribution is 7.99. The molecule has 5 heterocycles. The zero-order valence-corrected chi connectivity index (χ0v) is 20.4. The molecule has 1 spiro atoms. The molecule has 0 saturated carbocycles. The third kappa shape index (κ3) is 3.35. The minimum absolute atomic E-state index is 0.0379. The summed E-state index contributed by atoms with van der Waals surface area (Å²) in [4.78, 5) is 22.2. The summed E-state index contributed by atoms with van der Waals surface area (Å²) in [5.41, 5.74) is 17.3. The fourth-order valence-corrected chi connectivity index (χ4v) is 6.54. The molecule has 6 rings (SSSR count). The van der Waals surface area contributed by atoms with Crippen LogP contribution in [-0.4, -0.2) is 45.3 Å². The fraction of sp³-hybridized carbons (Fsp3) is 0.304. The molecule has 0 radical (unpaired) electrons. The van der Waals surface area contributed by atoms with Crippen molar-refractivity contribution in [2.75, 3.05) is 23.7 Å². The Balaban J connectivity index is 1.25. The number of halogens is 1. The number of fused-ring (bicyclic) bond motifs is 2. The molecule has 1 aliphatic heterocycles. The van der Waals surface area contributed by atoms with Crippen molar-refractivity contribution in [3.8, 4) is 0 Å². The maximum atomic E-state index is 6.81. The lowest BCUT2D eigenvalue weighted by Gasteiger charge is -2.42. The molecular formula is C23H24BClN8S. The van der Waals surface area contributed by atoms with Crippen LogP contribution < -0.4 is 21.8 Å². The normalized spacial score (nSPS) is 19.1. The second-order valence-electron chi connectivity index (χ2n) is 9.15. The van der Waals surface area contributed by atoms with Crippen molar-refractivity contribution in [1.82, 2.24) is 24.3 Å². The van der Waals surface area contributed by atoms with E-state index in [0.717, 1.165) is 53.7 Å². The van der Waals surface area contributed by atoms with Crippen LogP contribution in [-0.2, 0) is 6.42 Å². The predicted molar refractivity (Wildman–Crippen MR) is 138 cm³/mol.